The maximum absolute atomic E-state index is 12.5. The highest BCUT2D eigenvalue weighted by molar-refractivity contribution is 5.81. The molecule has 1 saturated carbocycles. The van der Waals surface area contributed by atoms with E-state index in [0.717, 1.165) is 25.1 Å². The van der Waals surface area contributed by atoms with Crippen LogP contribution in [-0.2, 0) is 11.2 Å². The Morgan fingerprint density at radius 2 is 2.00 bits per heavy atom. The molecule has 4 atom stereocenters. The minimum Gasteiger partial charge on any atom is -0.406 e. The summed E-state index contributed by atoms with van der Waals surface area (Å²) in [4.78, 5) is 22.0. The maximum atomic E-state index is 12.5. The van der Waals surface area contributed by atoms with Gasteiger partial charge in [0.15, 0.2) is 17.7 Å². The van der Waals surface area contributed by atoms with Gasteiger partial charge in [-0.2, -0.15) is 0 Å². The third kappa shape index (κ3) is 5.16. The van der Waals surface area contributed by atoms with Crippen molar-refractivity contribution in [2.45, 2.75) is 62.6 Å². The van der Waals surface area contributed by atoms with Crippen LogP contribution in [0.25, 0.3) is 22.2 Å². The molecule has 5 N–H and O–H groups in total. The molecule has 0 radical (unpaired) electrons. The monoisotopic (exact) mass is 562 g/mol. The quantitative estimate of drug-likeness (QED) is 0.251. The number of anilines is 1. The number of H-pyrrole nitrogens is 1. The molecule has 2 fully saturated rings. The second kappa shape index (κ2) is 10.1. The average Bonchev–Trinajstić information content (AvgIpc) is 3.54. The van der Waals surface area contributed by atoms with Gasteiger partial charge < -0.3 is 35.3 Å². The first-order chi connectivity index (χ1) is 19.1. The number of aliphatic hydroxyl groups excluding tert-OH is 2. The molecule has 0 bridgehead atoms. The lowest BCUT2D eigenvalue weighted by atomic mass is 9.76. The highest BCUT2D eigenvalue weighted by atomic mass is 19.4. The van der Waals surface area contributed by atoms with Crippen LogP contribution in [0.4, 0.5) is 19.0 Å². The largest absolute Gasteiger partial charge is 0.573 e. The van der Waals surface area contributed by atoms with E-state index in [1.807, 2.05) is 7.05 Å². The number of aryl methyl sites for hydroxylation is 1. The number of fused-ring (bicyclic) bond motifs is 2. The highest BCUT2D eigenvalue weighted by Gasteiger charge is 2.45. The summed E-state index contributed by atoms with van der Waals surface area (Å²) < 4.78 is 49.0. The number of imidazole rings is 2. The van der Waals surface area contributed by atoms with Crippen LogP contribution < -0.4 is 10.5 Å². The van der Waals surface area contributed by atoms with Gasteiger partial charge in [0.05, 0.1) is 17.4 Å². The molecule has 12 nitrogen and oxygen atoms in total. The summed E-state index contributed by atoms with van der Waals surface area (Å²) in [5.41, 5.74) is 7.76. The molecule has 0 spiro atoms. The number of hydrogen-bond acceptors (Lipinski definition) is 10. The number of alkyl halides is 3. The van der Waals surface area contributed by atoms with Crippen LogP contribution in [0, 0.1) is 5.92 Å². The van der Waals surface area contributed by atoms with Gasteiger partial charge in [0.25, 0.3) is 0 Å². The lowest BCUT2D eigenvalue weighted by molar-refractivity contribution is -0.274. The van der Waals surface area contributed by atoms with Crippen LogP contribution in [0.5, 0.6) is 5.75 Å². The van der Waals surface area contributed by atoms with E-state index >= 15 is 0 Å². The van der Waals surface area contributed by atoms with Crippen LogP contribution in [0.3, 0.4) is 0 Å². The fourth-order valence-electron chi connectivity index (χ4n) is 5.59. The van der Waals surface area contributed by atoms with E-state index in [-0.39, 0.29) is 11.6 Å². The van der Waals surface area contributed by atoms with Crippen LogP contribution in [0.15, 0.2) is 30.9 Å². The van der Waals surface area contributed by atoms with Gasteiger partial charge in [-0.3, -0.25) is 4.57 Å². The molecule has 3 aromatic heterocycles. The number of nitrogens with two attached hydrogens (primary N) is 1. The molecule has 0 amide bonds. The van der Waals surface area contributed by atoms with Crippen molar-refractivity contribution in [2.24, 2.45) is 5.92 Å². The number of aromatic nitrogens is 6. The molecular weight excluding hydrogens is 533 g/mol. The smallest absolute Gasteiger partial charge is 0.406 e. The molecule has 4 heterocycles. The predicted octanol–water partition coefficient (Wildman–Crippen LogP) is 2.15. The van der Waals surface area contributed by atoms with Gasteiger partial charge in [-0.25, -0.2) is 19.9 Å². The van der Waals surface area contributed by atoms with Gasteiger partial charge in [-0.1, -0.05) is 0 Å². The fourth-order valence-corrected chi connectivity index (χ4v) is 5.59. The van der Waals surface area contributed by atoms with E-state index in [4.69, 9.17) is 10.5 Å². The lowest BCUT2D eigenvalue weighted by Crippen LogP contribution is -2.47. The van der Waals surface area contributed by atoms with Gasteiger partial charge in [-0.15, -0.1) is 13.2 Å². The number of ether oxygens (including phenoxy) is 2. The van der Waals surface area contributed by atoms with E-state index in [1.54, 1.807) is 4.57 Å². The number of aromatic amines is 1. The minimum atomic E-state index is -4.75. The Balaban J connectivity index is 0.999. The Hall–Kier alpha value is -3.53. The summed E-state index contributed by atoms with van der Waals surface area (Å²) in [5.74, 6) is 1.12. The minimum absolute atomic E-state index is 0.220. The summed E-state index contributed by atoms with van der Waals surface area (Å²) >= 11 is 0. The van der Waals surface area contributed by atoms with E-state index in [0.29, 0.717) is 47.1 Å². The van der Waals surface area contributed by atoms with Crippen LogP contribution in [0.1, 0.15) is 31.3 Å². The number of nitrogens with zero attached hydrogens (tertiary/aromatic N) is 6. The molecule has 6 rings (SSSR count). The SMILES string of the molecule is CN(C[C@H]1O[C@@H](n2cnc3c(N)ncnc32)[C@H](O)[C@@H]1O)[C@H]1C[C@H](CCc2nc3cc(OC(F)(F)F)ccc3[nH]2)C1. The van der Waals surface area contributed by atoms with Crippen molar-refractivity contribution < 1.29 is 32.9 Å². The van der Waals surface area contributed by atoms with Crippen molar-refractivity contribution in [3.05, 3.63) is 36.7 Å². The van der Waals surface area contributed by atoms with Gasteiger partial charge in [0.2, 0.25) is 0 Å². The van der Waals surface area contributed by atoms with Gasteiger partial charge in [-0.05, 0) is 44.4 Å². The zero-order valence-electron chi connectivity index (χ0n) is 21.5. The third-order valence-corrected chi connectivity index (χ3v) is 7.83. The molecule has 0 unspecified atom stereocenters. The summed E-state index contributed by atoms with van der Waals surface area (Å²) in [6.07, 6.45) is -2.22. The Labute approximate surface area is 226 Å². The maximum Gasteiger partial charge on any atom is 0.573 e. The Kier molecular flexibility index (Phi) is 6.76. The zero-order chi connectivity index (χ0) is 28.2. The molecule has 1 aromatic carbocycles. The first kappa shape index (κ1) is 26.7. The number of rotatable bonds is 8. The summed E-state index contributed by atoms with van der Waals surface area (Å²) in [6, 6.07) is 4.37. The zero-order valence-corrected chi connectivity index (χ0v) is 21.5. The molecule has 40 heavy (non-hydrogen) atoms. The number of benzene rings is 1. The standard InChI is InChI=1S/C25H29F3N8O4/c1-35(9-17-20(37)21(38)24(39-17)36-11-32-19-22(29)30-10-31-23(19)36)13-6-12(7-13)2-5-18-33-15-4-3-14(8-16(15)34-18)40-25(26,27)28/h3-4,8,10-13,17,20-21,24,37-38H,2,5-7,9H2,1H3,(H,33,34)(H2,29,30,31)/t12-,13-,17-,20-,21-,24-/m1/s1. The first-order valence-electron chi connectivity index (χ1n) is 12.9. The van der Waals surface area contributed by atoms with Crippen LogP contribution >= 0.6 is 0 Å². The second-order valence-electron chi connectivity index (χ2n) is 10.5. The molecular formula is C25H29F3N8O4. The van der Waals surface area contributed by atoms with Gasteiger partial charge >= 0.3 is 6.36 Å². The number of nitrogens with one attached hydrogen (secondary N) is 1. The van der Waals surface area contributed by atoms with Crippen LogP contribution in [-0.4, -0.2) is 88.9 Å². The molecule has 4 aromatic rings. The predicted molar refractivity (Wildman–Crippen MR) is 136 cm³/mol. The highest BCUT2D eigenvalue weighted by Crippen LogP contribution is 2.37. The lowest BCUT2D eigenvalue weighted by Gasteiger charge is -2.42. The van der Waals surface area contributed by atoms with Gasteiger partial charge in [0.1, 0.15) is 41.7 Å². The van der Waals surface area contributed by atoms with E-state index in [2.05, 4.69) is 34.6 Å². The second-order valence-corrected chi connectivity index (χ2v) is 10.5. The first-order valence-corrected chi connectivity index (χ1v) is 12.9. The molecule has 2 aliphatic rings. The molecule has 15 heteroatoms. The molecule has 1 saturated heterocycles. The Bertz CT molecular complexity index is 1500. The van der Waals surface area contributed by atoms with E-state index in [1.165, 1.54) is 30.9 Å². The third-order valence-electron chi connectivity index (χ3n) is 7.83. The topological polar surface area (TPSA) is 160 Å². The number of likely N-dealkylation sites (N-methyl/N-ethyl adjacent to an activating group) is 1. The number of nitrogen functional groups attached to an aromatic ring is 1. The van der Waals surface area contributed by atoms with Crippen molar-refractivity contribution in [3.8, 4) is 5.75 Å². The van der Waals surface area contributed by atoms with E-state index < -0.39 is 30.9 Å². The molecule has 214 valence electrons. The summed E-state index contributed by atoms with van der Waals surface area (Å²) in [6.45, 7) is 0.432. The number of halogens is 3. The number of hydrogen-bond donors (Lipinski definition) is 4. The van der Waals surface area contributed by atoms with Crippen molar-refractivity contribution in [1.82, 2.24) is 34.4 Å². The average molecular weight is 563 g/mol. The van der Waals surface area contributed by atoms with Crippen molar-refractivity contribution in [3.63, 3.8) is 0 Å². The molecule has 1 aliphatic carbocycles. The van der Waals surface area contributed by atoms with E-state index in [9.17, 15) is 23.4 Å². The molecule has 1 aliphatic heterocycles. The summed E-state index contributed by atoms with van der Waals surface area (Å²) in [7, 11) is 1.97. The van der Waals surface area contributed by atoms with Crippen LogP contribution in [0.2, 0.25) is 0 Å². The number of aliphatic hydroxyl groups is 2. The van der Waals surface area contributed by atoms with Crippen molar-refractivity contribution in [2.75, 3.05) is 19.3 Å². The van der Waals surface area contributed by atoms with Crippen molar-refractivity contribution >= 4 is 28.0 Å². The fraction of sp³-hybridized carbons (Fsp3) is 0.520. The Morgan fingerprint density at radius 1 is 1.20 bits per heavy atom. The van der Waals surface area contributed by atoms with Crippen molar-refractivity contribution in [1.29, 1.82) is 0 Å². The summed E-state index contributed by atoms with van der Waals surface area (Å²) in [5, 5.41) is 21.4. The normalized spacial score (nSPS) is 27.1. The Morgan fingerprint density at radius 3 is 2.77 bits per heavy atom. The van der Waals surface area contributed by atoms with Gasteiger partial charge in [0, 0.05) is 25.1 Å².